The van der Waals surface area contributed by atoms with Crippen molar-refractivity contribution in [1.29, 1.82) is 0 Å². The summed E-state index contributed by atoms with van der Waals surface area (Å²) in [5.41, 5.74) is 10.9. The zero-order chi connectivity index (χ0) is 22.9. The Morgan fingerprint density at radius 3 is 1.86 bits per heavy atom. The highest BCUT2D eigenvalue weighted by atomic mass is 16.4. The summed E-state index contributed by atoms with van der Waals surface area (Å²) in [7, 11) is 0. The number of nitrogens with two attached hydrogens (primary N) is 2. The minimum Gasteiger partial charge on any atom is -0.480 e. The number of carbonyl (C=O) groups excluding carboxylic acids is 4. The maximum atomic E-state index is 12.4. The molecule has 0 fully saturated rings. The highest BCUT2D eigenvalue weighted by Gasteiger charge is 2.30. The van der Waals surface area contributed by atoms with Gasteiger partial charge in [-0.3, -0.25) is 19.2 Å². The van der Waals surface area contributed by atoms with Crippen molar-refractivity contribution in [3.8, 4) is 0 Å². The Hall–Kier alpha value is -2.73. The summed E-state index contributed by atoms with van der Waals surface area (Å²) in [5.74, 6) is -4.60. The number of aliphatic carboxylic acids is 1. The van der Waals surface area contributed by atoms with Crippen LogP contribution in [0.25, 0.3) is 0 Å². The predicted molar refractivity (Wildman–Crippen MR) is 102 cm³/mol. The fourth-order valence-electron chi connectivity index (χ4n) is 2.35. The maximum absolute atomic E-state index is 12.4. The third kappa shape index (κ3) is 9.85. The summed E-state index contributed by atoms with van der Waals surface area (Å²) in [4.78, 5) is 58.9. The van der Waals surface area contributed by atoms with Gasteiger partial charge in [0.1, 0.15) is 12.1 Å². The van der Waals surface area contributed by atoms with Crippen LogP contribution >= 0.6 is 0 Å². The summed E-state index contributed by atoms with van der Waals surface area (Å²) in [6.45, 7) is 6.17. The number of primary amides is 1. The van der Waals surface area contributed by atoms with Crippen LogP contribution in [0.4, 0.5) is 0 Å². The minimum atomic E-state index is -1.57. The van der Waals surface area contributed by atoms with Crippen LogP contribution in [-0.4, -0.2) is 70.1 Å². The van der Waals surface area contributed by atoms with Crippen molar-refractivity contribution in [2.24, 2.45) is 17.4 Å². The van der Waals surface area contributed by atoms with E-state index in [2.05, 4.69) is 16.0 Å². The quantitative estimate of drug-likeness (QED) is 0.175. The first kappa shape index (κ1) is 26.3. The number of hydrogen-bond acceptors (Lipinski definition) is 7. The van der Waals surface area contributed by atoms with Crippen LogP contribution in [0.15, 0.2) is 0 Å². The molecule has 0 spiro atoms. The molecule has 0 radical (unpaired) electrons. The van der Waals surface area contributed by atoms with Crippen molar-refractivity contribution >= 4 is 29.6 Å². The summed E-state index contributed by atoms with van der Waals surface area (Å²) in [5, 5.41) is 25.1. The lowest BCUT2D eigenvalue weighted by Gasteiger charge is -2.23. The van der Waals surface area contributed by atoms with Gasteiger partial charge in [-0.15, -0.1) is 0 Å². The normalized spacial score (nSPS) is 16.1. The second-order valence-electron chi connectivity index (χ2n) is 7.26. The molecule has 0 heterocycles. The second kappa shape index (κ2) is 12.0. The fourth-order valence-corrected chi connectivity index (χ4v) is 2.35. The second-order valence-corrected chi connectivity index (χ2v) is 7.26. The van der Waals surface area contributed by atoms with E-state index in [1.165, 1.54) is 13.8 Å². The average molecular weight is 417 g/mol. The molecular weight excluding hydrogens is 386 g/mol. The molecule has 0 saturated heterocycles. The van der Waals surface area contributed by atoms with Crippen LogP contribution in [0.3, 0.4) is 0 Å². The third-order valence-corrected chi connectivity index (χ3v) is 3.90. The van der Waals surface area contributed by atoms with E-state index >= 15 is 0 Å². The van der Waals surface area contributed by atoms with E-state index in [0.717, 1.165) is 0 Å². The van der Waals surface area contributed by atoms with E-state index in [1.807, 2.05) is 13.8 Å². The van der Waals surface area contributed by atoms with Crippen LogP contribution < -0.4 is 27.4 Å². The number of carbonyl (C=O) groups is 5. The van der Waals surface area contributed by atoms with Crippen LogP contribution in [0, 0.1) is 5.92 Å². The number of carboxylic acid groups (broad SMARTS) is 1. The Balaban J connectivity index is 5.08. The van der Waals surface area contributed by atoms with Gasteiger partial charge in [0.2, 0.25) is 23.6 Å². The zero-order valence-electron chi connectivity index (χ0n) is 17.0. The summed E-state index contributed by atoms with van der Waals surface area (Å²) >= 11 is 0. The van der Waals surface area contributed by atoms with Gasteiger partial charge in [-0.2, -0.15) is 0 Å². The maximum Gasteiger partial charge on any atom is 0.328 e. The molecule has 0 aromatic heterocycles. The van der Waals surface area contributed by atoms with Crippen molar-refractivity contribution in [2.45, 2.75) is 70.8 Å². The third-order valence-electron chi connectivity index (χ3n) is 3.90. The number of hydrogen-bond donors (Lipinski definition) is 7. The lowest BCUT2D eigenvalue weighted by atomic mass is 10.0. The lowest BCUT2D eigenvalue weighted by Crippen LogP contribution is -2.58. The molecule has 12 nitrogen and oxygen atoms in total. The Morgan fingerprint density at radius 1 is 0.897 bits per heavy atom. The SMILES string of the molecule is CC(C)CC(N)C(=O)NC(CC(N)=O)C(=O)NC(C)C(=O)NC(C(=O)O)C(C)O. The van der Waals surface area contributed by atoms with E-state index in [1.54, 1.807) is 0 Å². The number of rotatable bonds is 12. The number of amides is 4. The molecule has 0 aromatic rings. The van der Waals surface area contributed by atoms with Crippen LogP contribution in [0.1, 0.15) is 40.5 Å². The van der Waals surface area contributed by atoms with Crippen molar-refractivity contribution in [1.82, 2.24) is 16.0 Å². The highest BCUT2D eigenvalue weighted by Crippen LogP contribution is 2.04. The van der Waals surface area contributed by atoms with Crippen molar-refractivity contribution in [2.75, 3.05) is 0 Å². The molecule has 0 aromatic carbocycles. The van der Waals surface area contributed by atoms with E-state index < -0.39 is 66.3 Å². The van der Waals surface area contributed by atoms with Gasteiger partial charge in [0.15, 0.2) is 6.04 Å². The van der Waals surface area contributed by atoms with Crippen LogP contribution in [-0.2, 0) is 24.0 Å². The number of carboxylic acids is 1. The Labute approximate surface area is 168 Å². The van der Waals surface area contributed by atoms with Crippen LogP contribution in [0.5, 0.6) is 0 Å². The summed E-state index contributed by atoms with van der Waals surface area (Å²) in [6.07, 6.45) is -1.54. The Kier molecular flexibility index (Phi) is 10.8. The largest absolute Gasteiger partial charge is 0.480 e. The molecule has 0 saturated carbocycles. The molecule has 0 aliphatic rings. The van der Waals surface area contributed by atoms with E-state index in [0.29, 0.717) is 6.42 Å². The van der Waals surface area contributed by atoms with Gasteiger partial charge < -0.3 is 37.6 Å². The molecule has 5 atom stereocenters. The van der Waals surface area contributed by atoms with Gasteiger partial charge in [-0.1, -0.05) is 13.8 Å². The first-order valence-electron chi connectivity index (χ1n) is 9.12. The van der Waals surface area contributed by atoms with Crippen molar-refractivity contribution in [3.05, 3.63) is 0 Å². The van der Waals surface area contributed by atoms with Crippen molar-refractivity contribution < 1.29 is 34.2 Å². The predicted octanol–water partition coefficient (Wildman–Crippen LogP) is -2.83. The number of nitrogens with one attached hydrogen (secondary N) is 3. The number of aliphatic hydroxyl groups is 1. The van der Waals surface area contributed by atoms with Gasteiger partial charge in [-0.25, -0.2) is 4.79 Å². The standard InChI is InChI=1S/C17H31N5O7/c1-7(2)5-10(18)15(26)21-11(6-12(19)24)16(27)20-8(3)14(25)22-13(9(4)23)17(28)29/h7-11,13,23H,5-6,18H2,1-4H3,(H2,19,24)(H,20,27)(H,21,26)(H,22,25)(H,28,29). The van der Waals surface area contributed by atoms with E-state index in [9.17, 15) is 29.1 Å². The summed E-state index contributed by atoms with van der Waals surface area (Å²) < 4.78 is 0. The molecule has 9 N–H and O–H groups in total. The monoisotopic (exact) mass is 417 g/mol. The first-order chi connectivity index (χ1) is 13.3. The zero-order valence-corrected chi connectivity index (χ0v) is 17.0. The number of aliphatic hydroxyl groups excluding tert-OH is 1. The molecular formula is C17H31N5O7. The molecule has 0 rings (SSSR count). The molecule has 0 aliphatic heterocycles. The molecule has 166 valence electrons. The van der Waals surface area contributed by atoms with Gasteiger partial charge >= 0.3 is 5.97 Å². The minimum absolute atomic E-state index is 0.124. The lowest BCUT2D eigenvalue weighted by molar-refractivity contribution is -0.145. The van der Waals surface area contributed by atoms with Crippen molar-refractivity contribution in [3.63, 3.8) is 0 Å². The van der Waals surface area contributed by atoms with Gasteiger partial charge in [-0.05, 0) is 26.2 Å². The fraction of sp³-hybridized carbons (Fsp3) is 0.706. The topological polar surface area (TPSA) is 214 Å². The molecule has 12 heteroatoms. The Bertz CT molecular complexity index is 623. The highest BCUT2D eigenvalue weighted by molar-refractivity contribution is 5.96. The Morgan fingerprint density at radius 2 is 1.45 bits per heavy atom. The average Bonchev–Trinajstić information content (AvgIpc) is 2.56. The molecule has 4 amide bonds. The summed E-state index contributed by atoms with van der Waals surface area (Å²) in [6, 6.07) is -5.06. The van der Waals surface area contributed by atoms with E-state index in [-0.39, 0.29) is 5.92 Å². The van der Waals surface area contributed by atoms with Gasteiger partial charge in [0.05, 0.1) is 18.6 Å². The molecule has 0 aliphatic carbocycles. The molecule has 5 unspecified atom stereocenters. The first-order valence-corrected chi connectivity index (χ1v) is 9.12. The molecule has 0 bridgehead atoms. The van der Waals surface area contributed by atoms with Gasteiger partial charge in [0.25, 0.3) is 0 Å². The van der Waals surface area contributed by atoms with E-state index in [4.69, 9.17) is 16.6 Å². The smallest absolute Gasteiger partial charge is 0.328 e. The van der Waals surface area contributed by atoms with Gasteiger partial charge in [0, 0.05) is 0 Å². The molecule has 29 heavy (non-hydrogen) atoms. The van der Waals surface area contributed by atoms with Crippen LogP contribution in [0.2, 0.25) is 0 Å².